The van der Waals surface area contributed by atoms with Gasteiger partial charge in [0.1, 0.15) is 16.7 Å². The fraction of sp³-hybridized carbons (Fsp3) is 0.150. The summed E-state index contributed by atoms with van der Waals surface area (Å²) in [5.41, 5.74) is 1.54. The quantitative estimate of drug-likeness (QED) is 0.479. The molecule has 2 aromatic carbocycles. The Hall–Kier alpha value is -2.08. The van der Waals surface area contributed by atoms with Crippen LogP contribution in [0.3, 0.4) is 0 Å². The highest BCUT2D eigenvalue weighted by Gasteiger charge is 2.40. The Morgan fingerprint density at radius 3 is 2.54 bits per heavy atom. The van der Waals surface area contributed by atoms with E-state index < -0.39 is 11.2 Å². The number of hydrogen-bond acceptors (Lipinski definition) is 4. The van der Waals surface area contributed by atoms with Crippen LogP contribution < -0.4 is 10.2 Å². The van der Waals surface area contributed by atoms with E-state index in [1.165, 1.54) is 23.7 Å². The molecule has 1 aliphatic heterocycles. The summed E-state index contributed by atoms with van der Waals surface area (Å²) in [7, 11) is 1.46. The number of nitrogens with zero attached hydrogens (tertiary/aromatic N) is 2. The number of thioether (sulfide) groups is 1. The molecule has 5 nitrogen and oxygen atoms in total. The maximum atomic E-state index is 13.2. The van der Waals surface area contributed by atoms with Crippen molar-refractivity contribution in [3.05, 3.63) is 73.6 Å². The van der Waals surface area contributed by atoms with Gasteiger partial charge in [0.05, 0.1) is 5.25 Å². The molecule has 0 spiro atoms. The molecule has 1 N–H and O–H groups in total. The van der Waals surface area contributed by atoms with Gasteiger partial charge in [-0.2, -0.15) is 5.26 Å². The lowest BCUT2D eigenvalue weighted by atomic mass is 10.1. The second-order valence-corrected chi connectivity index (χ2v) is 8.98. The van der Waals surface area contributed by atoms with Gasteiger partial charge in [-0.25, -0.2) is 0 Å². The zero-order valence-electron chi connectivity index (χ0n) is 14.8. The van der Waals surface area contributed by atoms with Gasteiger partial charge in [0.15, 0.2) is 0 Å². The lowest BCUT2D eigenvalue weighted by molar-refractivity contribution is -0.117. The molecule has 1 saturated heterocycles. The minimum absolute atomic E-state index is 0.0690. The van der Waals surface area contributed by atoms with E-state index in [2.05, 4.69) is 37.2 Å². The number of likely N-dealkylation sites (N-methyl/N-ethyl adjacent to an activating group) is 1. The largest absolute Gasteiger partial charge is 0.354 e. The fourth-order valence-electron chi connectivity index (χ4n) is 2.82. The number of nitrogens with one attached hydrogen (secondary N) is 1. The summed E-state index contributed by atoms with van der Waals surface area (Å²) in [6.07, 6.45) is 0.492. The zero-order chi connectivity index (χ0) is 20.3. The Morgan fingerprint density at radius 2 is 1.93 bits per heavy atom. The van der Waals surface area contributed by atoms with Crippen molar-refractivity contribution >= 4 is 61.1 Å². The normalized spacial score (nSPS) is 18.0. The van der Waals surface area contributed by atoms with Gasteiger partial charge in [-0.3, -0.25) is 14.5 Å². The molecule has 0 aliphatic carbocycles. The van der Waals surface area contributed by atoms with Gasteiger partial charge in [-0.1, -0.05) is 55.8 Å². The molecule has 1 atom stereocenters. The SMILES string of the molecule is CNC(=O)/C(C#N)=C1\S[C@@H](Cc2cccc(Br)c2)C(=O)N1c1ccc(Br)cc1. The lowest BCUT2D eigenvalue weighted by Gasteiger charge is -2.18. The predicted octanol–water partition coefficient (Wildman–Crippen LogP) is 4.38. The van der Waals surface area contributed by atoms with Gasteiger partial charge in [-0.15, -0.1) is 0 Å². The summed E-state index contributed by atoms with van der Waals surface area (Å²) in [5.74, 6) is -0.665. The topological polar surface area (TPSA) is 73.2 Å². The van der Waals surface area contributed by atoms with Crippen LogP contribution in [-0.4, -0.2) is 24.1 Å². The van der Waals surface area contributed by atoms with Crippen molar-refractivity contribution in [2.45, 2.75) is 11.7 Å². The van der Waals surface area contributed by atoms with Gasteiger partial charge >= 0.3 is 0 Å². The molecule has 0 aromatic heterocycles. The van der Waals surface area contributed by atoms with Crippen LogP contribution in [0.2, 0.25) is 0 Å². The summed E-state index contributed by atoms with van der Waals surface area (Å²) < 4.78 is 1.81. The molecule has 3 rings (SSSR count). The highest BCUT2D eigenvalue weighted by Crippen LogP contribution is 2.42. The van der Waals surface area contributed by atoms with Crippen LogP contribution in [0.1, 0.15) is 5.56 Å². The van der Waals surface area contributed by atoms with Crippen LogP contribution in [0.5, 0.6) is 0 Å². The summed E-state index contributed by atoms with van der Waals surface area (Å²) in [6.45, 7) is 0. The fourth-order valence-corrected chi connectivity index (χ4v) is 4.83. The van der Waals surface area contributed by atoms with Crippen molar-refractivity contribution in [2.75, 3.05) is 11.9 Å². The van der Waals surface area contributed by atoms with E-state index in [-0.39, 0.29) is 11.5 Å². The molecular weight excluding hydrogens is 506 g/mol. The molecule has 1 aliphatic rings. The lowest BCUT2D eigenvalue weighted by Crippen LogP contribution is -2.31. The summed E-state index contributed by atoms with van der Waals surface area (Å²) >= 11 is 8.08. The van der Waals surface area contributed by atoms with Gasteiger partial charge in [0.2, 0.25) is 5.91 Å². The molecule has 0 saturated carbocycles. The molecule has 0 bridgehead atoms. The molecule has 8 heteroatoms. The van der Waals surface area contributed by atoms with Crippen LogP contribution in [0.4, 0.5) is 5.69 Å². The van der Waals surface area contributed by atoms with Crippen molar-refractivity contribution in [1.29, 1.82) is 5.26 Å². The number of hydrogen-bond donors (Lipinski definition) is 1. The maximum Gasteiger partial charge on any atom is 0.264 e. The Morgan fingerprint density at radius 1 is 1.21 bits per heavy atom. The molecule has 142 valence electrons. The summed E-state index contributed by atoms with van der Waals surface area (Å²) in [6, 6.07) is 16.9. The van der Waals surface area contributed by atoms with E-state index in [9.17, 15) is 14.9 Å². The van der Waals surface area contributed by atoms with Gasteiger partial charge in [0.25, 0.3) is 5.91 Å². The summed E-state index contributed by atoms with van der Waals surface area (Å²) in [5, 5.41) is 12.0. The van der Waals surface area contributed by atoms with E-state index in [0.29, 0.717) is 17.1 Å². The first-order valence-corrected chi connectivity index (χ1v) is 10.8. The Bertz CT molecular complexity index is 999. The molecule has 2 amide bonds. The predicted molar refractivity (Wildman–Crippen MR) is 118 cm³/mol. The Balaban J connectivity index is 2.04. The second kappa shape index (κ2) is 8.95. The first-order valence-electron chi connectivity index (χ1n) is 8.31. The number of nitriles is 1. The molecular formula is C20H15Br2N3O2S. The smallest absolute Gasteiger partial charge is 0.264 e. The van der Waals surface area contributed by atoms with Gasteiger partial charge in [-0.05, 0) is 48.4 Å². The Labute approximate surface area is 184 Å². The molecule has 28 heavy (non-hydrogen) atoms. The monoisotopic (exact) mass is 519 g/mol. The third-order valence-corrected chi connectivity index (χ3v) is 6.41. The van der Waals surface area contributed by atoms with E-state index >= 15 is 0 Å². The summed E-state index contributed by atoms with van der Waals surface area (Å²) in [4.78, 5) is 26.9. The first-order chi connectivity index (χ1) is 13.4. The first kappa shape index (κ1) is 20.6. The average Bonchev–Trinajstić information content (AvgIpc) is 2.99. The molecule has 1 heterocycles. The van der Waals surface area contributed by atoms with Gasteiger partial charge < -0.3 is 5.32 Å². The third-order valence-electron chi connectivity index (χ3n) is 4.13. The van der Waals surface area contributed by atoms with Crippen molar-refractivity contribution in [2.24, 2.45) is 0 Å². The zero-order valence-corrected chi connectivity index (χ0v) is 18.8. The number of rotatable bonds is 4. The molecule has 2 aromatic rings. The third kappa shape index (κ3) is 4.32. The second-order valence-electron chi connectivity index (χ2n) is 5.96. The Kier molecular flexibility index (Phi) is 6.60. The highest BCUT2D eigenvalue weighted by molar-refractivity contribution is 9.10. The van der Waals surface area contributed by atoms with Crippen LogP contribution >= 0.6 is 43.6 Å². The molecule has 0 radical (unpaired) electrons. The minimum Gasteiger partial charge on any atom is -0.354 e. The van der Waals surface area contributed by atoms with E-state index in [1.54, 1.807) is 12.1 Å². The van der Waals surface area contributed by atoms with Crippen molar-refractivity contribution < 1.29 is 9.59 Å². The number of carbonyl (C=O) groups is 2. The molecule has 1 fully saturated rings. The van der Waals surface area contributed by atoms with Crippen LogP contribution in [0, 0.1) is 11.3 Å². The van der Waals surface area contributed by atoms with E-state index in [1.807, 2.05) is 42.5 Å². The van der Waals surface area contributed by atoms with Crippen LogP contribution in [-0.2, 0) is 16.0 Å². The molecule has 0 unspecified atom stereocenters. The highest BCUT2D eigenvalue weighted by atomic mass is 79.9. The van der Waals surface area contributed by atoms with Crippen LogP contribution in [0.25, 0.3) is 0 Å². The number of amides is 2. The van der Waals surface area contributed by atoms with Crippen molar-refractivity contribution in [1.82, 2.24) is 5.32 Å². The van der Waals surface area contributed by atoms with Gasteiger partial charge in [0, 0.05) is 21.7 Å². The number of carbonyl (C=O) groups excluding carboxylic acids is 2. The number of halogens is 2. The minimum atomic E-state index is -0.511. The number of benzene rings is 2. The van der Waals surface area contributed by atoms with E-state index in [0.717, 1.165) is 14.5 Å². The number of anilines is 1. The standard InChI is InChI=1S/C20H15Br2N3O2S/c1-24-18(26)16(11-23)20-25(15-7-5-13(21)6-8-15)19(27)17(28-20)10-12-3-2-4-14(22)9-12/h2-9,17H,10H2,1H3,(H,24,26)/b20-16-/t17-/m0/s1. The van der Waals surface area contributed by atoms with Crippen LogP contribution in [0.15, 0.2) is 68.1 Å². The van der Waals surface area contributed by atoms with Crippen molar-refractivity contribution in [3.8, 4) is 6.07 Å². The average molecular weight is 521 g/mol. The van der Waals surface area contributed by atoms with Crippen molar-refractivity contribution in [3.63, 3.8) is 0 Å². The maximum absolute atomic E-state index is 13.2. The van der Waals surface area contributed by atoms with E-state index in [4.69, 9.17) is 0 Å².